The topological polar surface area (TPSA) is 154 Å². The van der Waals surface area contributed by atoms with Crippen LogP contribution in [0.4, 0.5) is 0 Å². The highest BCUT2D eigenvalue weighted by molar-refractivity contribution is 5.85. The number of phenols is 1. The molecule has 9 heteroatoms. The molecule has 2 heterocycles. The van der Waals surface area contributed by atoms with Gasteiger partial charge in [0.25, 0.3) is 0 Å². The summed E-state index contributed by atoms with van der Waals surface area (Å²) in [4.78, 5) is 25.6. The van der Waals surface area contributed by atoms with Crippen LogP contribution < -0.4 is 21.1 Å². The highest BCUT2D eigenvalue weighted by Crippen LogP contribution is 2.46. The number of nitrogens with one attached hydrogen (secondary N) is 2. The van der Waals surface area contributed by atoms with Gasteiger partial charge in [-0.1, -0.05) is 24.3 Å². The average molecular weight is 674 g/mol. The Balaban J connectivity index is 1.10. The minimum atomic E-state index is -0.843. The standard InChI is InChI=1S/C40H55N3O6/c1-49-39-20-27-7-15-37(47)33(36(46)14-4-24-3-11-31-28(18-24)23-43-35-21-30(45)10-13-32(31)35)12-6-26(34(27)22-38(39)48)5-9-29(44)8-2-25-16-17-42-40(41)19-25/h16,19-20,22,24,26,28-29,31-33,35-36,42-44,46,48H,2-5,7-11,13-15,17-18,21,23,41H2,1H3/t24-,26-,28+,29-,31+,32-,33-,35-,36-/m1/s1. The number of piperidine rings is 1. The molecule has 6 rings (SSSR count). The molecule has 1 aromatic rings. The van der Waals surface area contributed by atoms with Gasteiger partial charge in [0.15, 0.2) is 17.3 Å². The molecule has 0 bridgehead atoms. The third-order valence-electron chi connectivity index (χ3n) is 12.1. The molecule has 7 N–H and O–H groups in total. The van der Waals surface area contributed by atoms with Crippen LogP contribution in [-0.2, 0) is 16.0 Å². The van der Waals surface area contributed by atoms with Crippen molar-refractivity contribution in [1.29, 1.82) is 0 Å². The number of ketones is 2. The van der Waals surface area contributed by atoms with Crippen LogP contribution in [0.2, 0.25) is 0 Å². The van der Waals surface area contributed by atoms with Gasteiger partial charge in [-0.3, -0.25) is 9.59 Å². The largest absolute Gasteiger partial charge is 0.504 e. The number of ether oxygens (including phenoxy) is 1. The van der Waals surface area contributed by atoms with Crippen molar-refractivity contribution in [2.75, 3.05) is 20.2 Å². The number of rotatable bonds is 11. The first-order chi connectivity index (χ1) is 23.7. The summed E-state index contributed by atoms with van der Waals surface area (Å²) < 4.78 is 5.39. The molecule has 0 aromatic heterocycles. The minimum absolute atomic E-state index is 0.0216. The lowest BCUT2D eigenvalue weighted by atomic mass is 9.61. The van der Waals surface area contributed by atoms with Crippen molar-refractivity contribution in [3.8, 4) is 23.3 Å². The van der Waals surface area contributed by atoms with Gasteiger partial charge in [-0.15, -0.1) is 0 Å². The number of hydrogen-bond acceptors (Lipinski definition) is 9. The van der Waals surface area contributed by atoms with E-state index in [9.17, 15) is 24.9 Å². The summed E-state index contributed by atoms with van der Waals surface area (Å²) >= 11 is 0. The zero-order valence-corrected chi connectivity index (χ0v) is 29.0. The fourth-order valence-corrected chi connectivity index (χ4v) is 9.34. The normalized spacial score (nSPS) is 31.0. The summed E-state index contributed by atoms with van der Waals surface area (Å²) in [6.07, 6.45) is 13.0. The Morgan fingerprint density at radius 2 is 1.88 bits per heavy atom. The average Bonchev–Trinajstić information content (AvgIpc) is 3.16. The van der Waals surface area contributed by atoms with E-state index in [1.54, 1.807) is 12.1 Å². The third-order valence-corrected chi connectivity index (χ3v) is 12.1. The molecule has 3 fully saturated rings. The number of carbonyl (C=O) groups excluding carboxylic acids is 2. The molecule has 49 heavy (non-hydrogen) atoms. The molecule has 3 aliphatic carbocycles. The quantitative estimate of drug-likeness (QED) is 0.188. The number of hydrogen-bond donors (Lipinski definition) is 6. The molecule has 0 amide bonds. The Morgan fingerprint density at radius 1 is 1.02 bits per heavy atom. The molecule has 0 radical (unpaired) electrons. The Bertz CT molecular complexity index is 1490. The van der Waals surface area contributed by atoms with Crippen LogP contribution in [0.5, 0.6) is 11.5 Å². The molecule has 5 aliphatic rings. The molecule has 0 unspecified atom stereocenters. The number of aliphatic hydroxyl groups excluding tert-OH is 2. The molecular weight excluding hydrogens is 618 g/mol. The van der Waals surface area contributed by atoms with E-state index in [0.29, 0.717) is 92.1 Å². The number of aryl methyl sites for hydroxylation is 1. The summed E-state index contributed by atoms with van der Waals surface area (Å²) in [5.41, 5.74) is 8.75. The number of allylic oxidation sites excluding steroid dienone is 2. The Kier molecular flexibility index (Phi) is 11.7. The van der Waals surface area contributed by atoms with Gasteiger partial charge in [0.05, 0.1) is 25.1 Å². The minimum Gasteiger partial charge on any atom is -0.504 e. The summed E-state index contributed by atoms with van der Waals surface area (Å²) in [7, 11) is 1.51. The van der Waals surface area contributed by atoms with Crippen LogP contribution in [0, 0.1) is 41.4 Å². The van der Waals surface area contributed by atoms with E-state index in [2.05, 4.69) is 28.6 Å². The highest BCUT2D eigenvalue weighted by Gasteiger charge is 2.44. The SMILES string of the molecule is COc1cc2c(cc1O)[C@H](CC[C@H](O)CCC1=CCNC(N)=C1)C#C[C@H]([C@H](O)CC[C@H]1CC[C@H]3[C@H](CN[C@@H]4CC(=O)CC[C@H]34)C1)C(=O)CC2. The van der Waals surface area contributed by atoms with Crippen molar-refractivity contribution in [3.63, 3.8) is 0 Å². The number of phenolic OH excluding ortho intramolecular Hbond substituents is 1. The van der Waals surface area contributed by atoms with Crippen molar-refractivity contribution < 1.29 is 29.6 Å². The van der Waals surface area contributed by atoms with Gasteiger partial charge in [-0.2, -0.15) is 0 Å². The van der Waals surface area contributed by atoms with Gasteiger partial charge >= 0.3 is 0 Å². The molecular formula is C40H55N3O6. The summed E-state index contributed by atoms with van der Waals surface area (Å²) in [5, 5.41) is 39.9. The number of aromatic hydroxyl groups is 1. The van der Waals surface area contributed by atoms with Gasteiger partial charge in [0.2, 0.25) is 0 Å². The van der Waals surface area contributed by atoms with Crippen LogP contribution >= 0.6 is 0 Å². The van der Waals surface area contributed by atoms with Crippen molar-refractivity contribution in [2.45, 2.75) is 114 Å². The van der Waals surface area contributed by atoms with Crippen LogP contribution in [-0.4, -0.2) is 65.3 Å². The van der Waals surface area contributed by atoms with Crippen LogP contribution in [0.15, 0.2) is 35.7 Å². The van der Waals surface area contributed by atoms with E-state index in [0.717, 1.165) is 61.8 Å². The first-order valence-electron chi connectivity index (χ1n) is 18.6. The van der Waals surface area contributed by atoms with Crippen molar-refractivity contribution in [2.24, 2.45) is 35.3 Å². The number of dihydropyridines is 1. The maximum Gasteiger partial charge on any atom is 0.160 e. The summed E-state index contributed by atoms with van der Waals surface area (Å²) in [6.45, 7) is 1.66. The van der Waals surface area contributed by atoms with Gasteiger partial charge in [0, 0.05) is 37.8 Å². The summed E-state index contributed by atoms with van der Waals surface area (Å²) in [5.74, 6) is 9.25. The van der Waals surface area contributed by atoms with E-state index in [1.807, 2.05) is 6.08 Å². The molecule has 1 saturated heterocycles. The number of nitrogens with two attached hydrogens (primary N) is 1. The monoisotopic (exact) mass is 673 g/mol. The number of carbonyl (C=O) groups is 2. The van der Waals surface area contributed by atoms with E-state index in [4.69, 9.17) is 10.5 Å². The van der Waals surface area contributed by atoms with E-state index in [1.165, 1.54) is 13.5 Å². The van der Waals surface area contributed by atoms with Crippen LogP contribution in [0.1, 0.15) is 101 Å². The molecule has 0 spiro atoms. The molecule has 9 atom stereocenters. The lowest BCUT2D eigenvalue weighted by Crippen LogP contribution is -2.54. The third kappa shape index (κ3) is 8.71. The second kappa shape index (κ2) is 16.1. The summed E-state index contributed by atoms with van der Waals surface area (Å²) in [6, 6.07) is 3.84. The van der Waals surface area contributed by atoms with Gasteiger partial charge in [-0.05, 0) is 129 Å². The van der Waals surface area contributed by atoms with Gasteiger partial charge < -0.3 is 36.4 Å². The maximum atomic E-state index is 13.6. The van der Waals surface area contributed by atoms with Gasteiger partial charge in [0.1, 0.15) is 11.7 Å². The Morgan fingerprint density at radius 3 is 2.69 bits per heavy atom. The molecule has 1 aromatic carbocycles. The van der Waals surface area contributed by atoms with Crippen molar-refractivity contribution >= 4 is 11.6 Å². The number of aliphatic hydroxyl groups is 2. The first-order valence-corrected chi connectivity index (χ1v) is 18.6. The fraction of sp³-hybridized carbons (Fsp3) is 0.650. The van der Waals surface area contributed by atoms with Crippen LogP contribution in [0.25, 0.3) is 0 Å². The molecule has 266 valence electrons. The van der Waals surface area contributed by atoms with Gasteiger partial charge in [-0.25, -0.2) is 0 Å². The molecule has 9 nitrogen and oxygen atoms in total. The maximum absolute atomic E-state index is 13.6. The van der Waals surface area contributed by atoms with Crippen molar-refractivity contribution in [1.82, 2.24) is 10.6 Å². The lowest BCUT2D eigenvalue weighted by Gasteiger charge is -2.49. The smallest absolute Gasteiger partial charge is 0.160 e. The molecule has 2 aliphatic heterocycles. The van der Waals surface area contributed by atoms with E-state index in [-0.39, 0.29) is 23.9 Å². The number of Topliss-reactive ketones (excluding diaryl/α,β-unsaturated/α-hetero) is 2. The predicted molar refractivity (Wildman–Crippen MR) is 189 cm³/mol. The number of fused-ring (bicyclic) bond motifs is 4. The number of methoxy groups -OCH3 is 1. The Hall–Kier alpha value is -3.32. The van der Waals surface area contributed by atoms with Crippen molar-refractivity contribution in [3.05, 3.63) is 46.8 Å². The van der Waals surface area contributed by atoms with E-state index < -0.39 is 18.1 Å². The lowest BCUT2D eigenvalue weighted by molar-refractivity contribution is -0.124. The Labute approximate surface area is 291 Å². The predicted octanol–water partition coefficient (Wildman–Crippen LogP) is 4.38. The number of benzene rings is 1. The van der Waals surface area contributed by atoms with Crippen LogP contribution in [0.3, 0.4) is 0 Å². The highest BCUT2D eigenvalue weighted by atomic mass is 16.5. The zero-order valence-electron chi connectivity index (χ0n) is 29.0. The first kappa shape index (κ1) is 35.5. The second-order valence-electron chi connectivity index (χ2n) is 15.2. The molecule has 2 saturated carbocycles. The zero-order chi connectivity index (χ0) is 34.5. The second-order valence-corrected chi connectivity index (χ2v) is 15.2. The fourth-order valence-electron chi connectivity index (χ4n) is 9.34. The van der Waals surface area contributed by atoms with E-state index >= 15 is 0 Å².